The third kappa shape index (κ3) is 4.48. The number of nitrogens with zero attached hydrogens (tertiary/aromatic N) is 6. The van der Waals surface area contributed by atoms with E-state index in [4.69, 9.17) is 0 Å². The molecule has 1 aliphatic rings. The standard InChI is InChI=1S/C21H23N7O/c1-27-17(7-11-25-27)5-6-19(29)28-14-8-16(9-15-28)20-21(24-13-12-23-20)26-18-4-2-3-10-22-18/h2-7,10-13,16H,8-9,14-15H2,1H3,(H,22,24,26)/b6-5+. The Hall–Kier alpha value is -3.55. The molecular weight excluding hydrogens is 366 g/mol. The van der Waals surface area contributed by atoms with Gasteiger partial charge in [0, 0.05) is 56.9 Å². The zero-order valence-corrected chi connectivity index (χ0v) is 16.3. The first kappa shape index (κ1) is 18.8. The van der Waals surface area contributed by atoms with Gasteiger partial charge in [-0.2, -0.15) is 5.10 Å². The molecule has 148 valence electrons. The van der Waals surface area contributed by atoms with E-state index in [0.29, 0.717) is 13.1 Å². The van der Waals surface area contributed by atoms with E-state index < -0.39 is 0 Å². The second kappa shape index (κ2) is 8.64. The van der Waals surface area contributed by atoms with Crippen LogP contribution in [0.3, 0.4) is 0 Å². The Morgan fingerprint density at radius 1 is 1.07 bits per heavy atom. The summed E-state index contributed by atoms with van der Waals surface area (Å²) in [4.78, 5) is 27.7. The summed E-state index contributed by atoms with van der Waals surface area (Å²) >= 11 is 0. The van der Waals surface area contributed by atoms with Crippen LogP contribution in [0.25, 0.3) is 6.08 Å². The second-order valence-electron chi connectivity index (χ2n) is 6.94. The molecule has 1 fully saturated rings. The minimum absolute atomic E-state index is 0.0237. The summed E-state index contributed by atoms with van der Waals surface area (Å²) in [6.07, 6.45) is 12.0. The van der Waals surface area contributed by atoms with E-state index in [9.17, 15) is 4.79 Å². The van der Waals surface area contributed by atoms with E-state index in [1.165, 1.54) is 0 Å². The summed E-state index contributed by atoms with van der Waals surface area (Å²) in [6.45, 7) is 1.39. The number of likely N-dealkylation sites (tertiary alicyclic amines) is 1. The summed E-state index contributed by atoms with van der Waals surface area (Å²) in [5.41, 5.74) is 1.83. The van der Waals surface area contributed by atoms with Crippen molar-refractivity contribution in [3.05, 3.63) is 66.5 Å². The fourth-order valence-electron chi connectivity index (χ4n) is 3.48. The van der Waals surface area contributed by atoms with Gasteiger partial charge in [-0.15, -0.1) is 0 Å². The highest BCUT2D eigenvalue weighted by Crippen LogP contribution is 2.31. The van der Waals surface area contributed by atoms with Gasteiger partial charge in [0.1, 0.15) is 5.82 Å². The second-order valence-corrected chi connectivity index (χ2v) is 6.94. The Morgan fingerprint density at radius 3 is 2.62 bits per heavy atom. The van der Waals surface area contributed by atoms with Crippen LogP contribution in [0.2, 0.25) is 0 Å². The minimum Gasteiger partial charge on any atom is -0.339 e. The van der Waals surface area contributed by atoms with Gasteiger partial charge >= 0.3 is 0 Å². The Bertz CT molecular complexity index is 991. The van der Waals surface area contributed by atoms with Crippen LogP contribution in [0, 0.1) is 0 Å². The number of rotatable bonds is 5. The first-order valence-corrected chi connectivity index (χ1v) is 9.64. The van der Waals surface area contributed by atoms with Crippen LogP contribution in [0.4, 0.5) is 11.6 Å². The maximum Gasteiger partial charge on any atom is 0.246 e. The van der Waals surface area contributed by atoms with Gasteiger partial charge in [-0.05, 0) is 37.1 Å². The number of pyridine rings is 1. The van der Waals surface area contributed by atoms with Gasteiger partial charge in [0.05, 0.1) is 11.4 Å². The quantitative estimate of drug-likeness (QED) is 0.675. The number of carbonyl (C=O) groups is 1. The number of nitrogens with one attached hydrogen (secondary N) is 1. The Kier molecular flexibility index (Phi) is 5.60. The molecule has 4 rings (SSSR count). The number of amides is 1. The maximum absolute atomic E-state index is 12.5. The number of piperidine rings is 1. The van der Waals surface area contributed by atoms with Crippen LogP contribution in [-0.4, -0.2) is 48.6 Å². The molecule has 1 amide bonds. The molecular formula is C21H23N7O. The molecule has 3 aromatic rings. The number of hydrogen-bond donors (Lipinski definition) is 1. The number of aryl methyl sites for hydroxylation is 1. The molecule has 8 nitrogen and oxygen atoms in total. The van der Waals surface area contributed by atoms with Gasteiger partial charge in [0.25, 0.3) is 0 Å². The van der Waals surface area contributed by atoms with E-state index in [1.807, 2.05) is 36.2 Å². The van der Waals surface area contributed by atoms with Crippen LogP contribution in [-0.2, 0) is 11.8 Å². The molecule has 29 heavy (non-hydrogen) atoms. The molecule has 1 aliphatic heterocycles. The van der Waals surface area contributed by atoms with Crippen molar-refractivity contribution < 1.29 is 4.79 Å². The molecule has 0 spiro atoms. The van der Waals surface area contributed by atoms with Gasteiger partial charge in [-0.25, -0.2) is 9.97 Å². The van der Waals surface area contributed by atoms with Crippen LogP contribution in [0.5, 0.6) is 0 Å². The summed E-state index contributed by atoms with van der Waals surface area (Å²) in [5, 5.41) is 7.37. The topological polar surface area (TPSA) is 88.8 Å². The Morgan fingerprint density at radius 2 is 1.90 bits per heavy atom. The van der Waals surface area contributed by atoms with Gasteiger partial charge in [0.2, 0.25) is 5.91 Å². The normalized spacial score (nSPS) is 15.0. The lowest BCUT2D eigenvalue weighted by atomic mass is 9.93. The van der Waals surface area contributed by atoms with Crippen molar-refractivity contribution in [3.8, 4) is 0 Å². The summed E-state index contributed by atoms with van der Waals surface area (Å²) in [5.74, 6) is 1.74. The van der Waals surface area contributed by atoms with E-state index in [2.05, 4.69) is 25.4 Å². The predicted molar refractivity (Wildman–Crippen MR) is 110 cm³/mol. The van der Waals surface area contributed by atoms with Gasteiger partial charge in [0.15, 0.2) is 5.82 Å². The molecule has 0 bridgehead atoms. The molecule has 0 unspecified atom stereocenters. The van der Waals surface area contributed by atoms with Crippen molar-refractivity contribution >= 4 is 23.6 Å². The Labute approximate surface area is 169 Å². The van der Waals surface area contributed by atoms with Gasteiger partial charge < -0.3 is 10.2 Å². The third-order valence-electron chi connectivity index (χ3n) is 5.09. The van der Waals surface area contributed by atoms with Gasteiger partial charge in [-0.3, -0.25) is 14.5 Å². The van der Waals surface area contributed by atoms with Crippen LogP contribution < -0.4 is 5.32 Å². The Balaban J connectivity index is 1.39. The van der Waals surface area contributed by atoms with Gasteiger partial charge in [-0.1, -0.05) is 6.07 Å². The molecule has 1 N–H and O–H groups in total. The van der Waals surface area contributed by atoms with E-state index in [0.717, 1.165) is 35.9 Å². The summed E-state index contributed by atoms with van der Waals surface area (Å²) in [6, 6.07) is 7.57. The van der Waals surface area contributed by atoms with E-state index >= 15 is 0 Å². The number of carbonyl (C=O) groups excluding carboxylic acids is 1. The molecule has 0 saturated carbocycles. The fraction of sp³-hybridized carbons (Fsp3) is 0.286. The average Bonchev–Trinajstić information content (AvgIpc) is 3.18. The summed E-state index contributed by atoms with van der Waals surface area (Å²) in [7, 11) is 1.85. The average molecular weight is 389 g/mol. The first-order chi connectivity index (χ1) is 14.2. The number of aromatic nitrogens is 5. The number of anilines is 2. The van der Waals surface area contributed by atoms with Crippen LogP contribution in [0.15, 0.2) is 55.1 Å². The summed E-state index contributed by atoms with van der Waals surface area (Å²) < 4.78 is 1.74. The van der Waals surface area contributed by atoms with Crippen molar-refractivity contribution in [2.45, 2.75) is 18.8 Å². The van der Waals surface area contributed by atoms with Crippen LogP contribution in [0.1, 0.15) is 30.1 Å². The molecule has 0 aliphatic carbocycles. The zero-order valence-electron chi connectivity index (χ0n) is 16.3. The number of hydrogen-bond acceptors (Lipinski definition) is 6. The molecule has 0 atom stereocenters. The van der Waals surface area contributed by atoms with Crippen LogP contribution >= 0.6 is 0 Å². The molecule has 1 saturated heterocycles. The van der Waals surface area contributed by atoms with Crippen molar-refractivity contribution in [2.75, 3.05) is 18.4 Å². The maximum atomic E-state index is 12.5. The zero-order chi connectivity index (χ0) is 20.1. The lowest BCUT2D eigenvalue weighted by molar-refractivity contribution is -0.126. The van der Waals surface area contributed by atoms with Crippen molar-refractivity contribution in [1.82, 2.24) is 29.6 Å². The highest BCUT2D eigenvalue weighted by Gasteiger charge is 2.26. The first-order valence-electron chi connectivity index (χ1n) is 9.64. The lowest BCUT2D eigenvalue weighted by Gasteiger charge is -2.31. The smallest absolute Gasteiger partial charge is 0.246 e. The molecule has 0 radical (unpaired) electrons. The predicted octanol–water partition coefficient (Wildman–Crippen LogP) is 2.77. The largest absolute Gasteiger partial charge is 0.339 e. The molecule has 4 heterocycles. The molecule has 8 heteroatoms. The fourth-order valence-corrected chi connectivity index (χ4v) is 3.48. The third-order valence-corrected chi connectivity index (χ3v) is 5.09. The van der Waals surface area contributed by atoms with Crippen molar-refractivity contribution in [2.24, 2.45) is 7.05 Å². The molecule has 3 aromatic heterocycles. The van der Waals surface area contributed by atoms with E-state index in [-0.39, 0.29) is 11.8 Å². The SMILES string of the molecule is Cn1nccc1/C=C/C(=O)N1CCC(c2nccnc2Nc2ccccn2)CC1. The molecule has 0 aromatic carbocycles. The van der Waals surface area contributed by atoms with Crippen molar-refractivity contribution in [1.29, 1.82) is 0 Å². The minimum atomic E-state index is 0.0237. The highest BCUT2D eigenvalue weighted by molar-refractivity contribution is 5.91. The highest BCUT2D eigenvalue weighted by atomic mass is 16.2. The lowest BCUT2D eigenvalue weighted by Crippen LogP contribution is -2.37. The van der Waals surface area contributed by atoms with E-state index in [1.54, 1.807) is 41.6 Å². The monoisotopic (exact) mass is 389 g/mol. The van der Waals surface area contributed by atoms with Crippen molar-refractivity contribution in [3.63, 3.8) is 0 Å².